The maximum absolute atomic E-state index is 13.3. The SMILES string of the molecule is CC1=C(c2nc(-c3ccc4c(c3)OCO4)no2)C(c2ccc(C)cc2)NC(=O)N1Cc1ccccc1. The summed E-state index contributed by atoms with van der Waals surface area (Å²) in [6.07, 6.45) is 0. The zero-order valence-electron chi connectivity index (χ0n) is 19.9. The Morgan fingerprint density at radius 2 is 1.75 bits per heavy atom. The van der Waals surface area contributed by atoms with Crippen LogP contribution in [0.1, 0.15) is 35.5 Å². The number of ether oxygens (including phenoxy) is 2. The summed E-state index contributed by atoms with van der Waals surface area (Å²) in [5.74, 6) is 2.11. The zero-order chi connectivity index (χ0) is 24.6. The van der Waals surface area contributed by atoms with Gasteiger partial charge in [-0.05, 0) is 43.2 Å². The van der Waals surface area contributed by atoms with Crippen LogP contribution in [0.4, 0.5) is 4.79 Å². The van der Waals surface area contributed by atoms with Crippen molar-refractivity contribution in [2.45, 2.75) is 26.4 Å². The second-order valence-electron chi connectivity index (χ2n) is 8.86. The van der Waals surface area contributed by atoms with Gasteiger partial charge in [0.25, 0.3) is 5.89 Å². The van der Waals surface area contributed by atoms with Gasteiger partial charge < -0.3 is 19.3 Å². The van der Waals surface area contributed by atoms with E-state index in [0.717, 1.165) is 33.5 Å². The fourth-order valence-electron chi connectivity index (χ4n) is 4.51. The first-order valence-corrected chi connectivity index (χ1v) is 11.7. The Hall–Kier alpha value is -4.59. The van der Waals surface area contributed by atoms with Crippen molar-refractivity contribution < 1.29 is 18.8 Å². The first-order valence-electron chi connectivity index (χ1n) is 11.7. The Morgan fingerprint density at radius 1 is 0.972 bits per heavy atom. The summed E-state index contributed by atoms with van der Waals surface area (Å²) in [4.78, 5) is 19.7. The topological polar surface area (TPSA) is 89.7 Å². The molecular formula is C28H24N4O4. The maximum Gasteiger partial charge on any atom is 0.322 e. The summed E-state index contributed by atoms with van der Waals surface area (Å²) in [7, 11) is 0. The van der Waals surface area contributed by atoms with Crippen molar-refractivity contribution >= 4 is 11.6 Å². The maximum atomic E-state index is 13.3. The summed E-state index contributed by atoms with van der Waals surface area (Å²) in [6.45, 7) is 4.56. The Bertz CT molecular complexity index is 1460. The molecule has 2 amide bonds. The third-order valence-electron chi connectivity index (χ3n) is 6.48. The largest absolute Gasteiger partial charge is 0.454 e. The Labute approximate surface area is 208 Å². The predicted molar refractivity (Wildman–Crippen MR) is 133 cm³/mol. The zero-order valence-corrected chi connectivity index (χ0v) is 19.9. The highest BCUT2D eigenvalue weighted by molar-refractivity contribution is 5.87. The molecule has 0 aliphatic carbocycles. The van der Waals surface area contributed by atoms with Gasteiger partial charge in [0.05, 0.1) is 18.2 Å². The van der Waals surface area contributed by atoms with Gasteiger partial charge in [-0.2, -0.15) is 4.98 Å². The second-order valence-corrected chi connectivity index (χ2v) is 8.86. The fourth-order valence-corrected chi connectivity index (χ4v) is 4.51. The van der Waals surface area contributed by atoms with E-state index in [9.17, 15) is 4.79 Å². The Morgan fingerprint density at radius 3 is 2.56 bits per heavy atom. The smallest absolute Gasteiger partial charge is 0.322 e. The van der Waals surface area contributed by atoms with Crippen molar-refractivity contribution in [2.75, 3.05) is 6.79 Å². The van der Waals surface area contributed by atoms with Crippen molar-refractivity contribution in [3.05, 3.63) is 101 Å². The first kappa shape index (κ1) is 21.9. The minimum Gasteiger partial charge on any atom is -0.454 e. The van der Waals surface area contributed by atoms with Gasteiger partial charge in [0.1, 0.15) is 0 Å². The van der Waals surface area contributed by atoms with Crippen LogP contribution in [0.3, 0.4) is 0 Å². The number of hydrogen-bond acceptors (Lipinski definition) is 6. The lowest BCUT2D eigenvalue weighted by molar-refractivity contribution is 0.174. The fraction of sp³-hybridized carbons (Fsp3) is 0.179. The molecule has 4 aromatic rings. The molecule has 8 heteroatoms. The van der Waals surface area contributed by atoms with Gasteiger partial charge in [-0.3, -0.25) is 4.90 Å². The van der Waals surface area contributed by atoms with Gasteiger partial charge in [-0.15, -0.1) is 0 Å². The molecule has 1 aromatic heterocycles. The summed E-state index contributed by atoms with van der Waals surface area (Å²) < 4.78 is 16.7. The number of aromatic nitrogens is 2. The summed E-state index contributed by atoms with van der Waals surface area (Å²) >= 11 is 0. The second kappa shape index (κ2) is 8.88. The van der Waals surface area contributed by atoms with Crippen LogP contribution in [-0.4, -0.2) is 27.9 Å². The van der Waals surface area contributed by atoms with Gasteiger partial charge in [0.2, 0.25) is 12.6 Å². The first-order chi connectivity index (χ1) is 17.6. The Kier molecular flexibility index (Phi) is 5.41. The minimum absolute atomic E-state index is 0.179. The van der Waals surface area contributed by atoms with Crippen LogP contribution >= 0.6 is 0 Å². The van der Waals surface area contributed by atoms with E-state index in [1.54, 1.807) is 4.90 Å². The molecule has 0 bridgehead atoms. The number of carbonyl (C=O) groups is 1. The van der Waals surface area contributed by atoms with E-state index < -0.39 is 6.04 Å². The number of rotatable bonds is 5. The van der Waals surface area contributed by atoms with Gasteiger partial charge in [-0.25, -0.2) is 4.79 Å². The third kappa shape index (κ3) is 3.96. The van der Waals surface area contributed by atoms with Crippen LogP contribution in [0.25, 0.3) is 17.0 Å². The van der Waals surface area contributed by atoms with E-state index in [-0.39, 0.29) is 12.8 Å². The van der Waals surface area contributed by atoms with Gasteiger partial charge >= 0.3 is 6.03 Å². The number of urea groups is 1. The molecule has 0 saturated carbocycles. The van der Waals surface area contributed by atoms with Crippen LogP contribution in [0.2, 0.25) is 0 Å². The molecule has 180 valence electrons. The van der Waals surface area contributed by atoms with Crippen LogP contribution in [0, 0.1) is 6.92 Å². The molecule has 0 spiro atoms. The number of amides is 2. The Balaban J connectivity index is 1.42. The lowest BCUT2D eigenvalue weighted by Gasteiger charge is -2.35. The highest BCUT2D eigenvalue weighted by Crippen LogP contribution is 2.39. The molecule has 3 heterocycles. The van der Waals surface area contributed by atoms with E-state index in [1.165, 1.54) is 0 Å². The van der Waals surface area contributed by atoms with Crippen molar-refractivity contribution in [1.29, 1.82) is 0 Å². The molecule has 1 unspecified atom stereocenters. The summed E-state index contributed by atoms with van der Waals surface area (Å²) in [6, 6.07) is 22.9. The molecule has 3 aromatic carbocycles. The monoisotopic (exact) mass is 480 g/mol. The predicted octanol–water partition coefficient (Wildman–Crippen LogP) is 5.47. The number of benzene rings is 3. The molecule has 6 rings (SSSR count). The molecule has 1 N–H and O–H groups in total. The molecule has 0 saturated heterocycles. The average Bonchev–Trinajstić information content (AvgIpc) is 3.57. The lowest BCUT2D eigenvalue weighted by Crippen LogP contribution is -2.45. The molecule has 8 nitrogen and oxygen atoms in total. The lowest BCUT2D eigenvalue weighted by atomic mass is 9.94. The van der Waals surface area contributed by atoms with E-state index in [1.807, 2.05) is 86.6 Å². The van der Waals surface area contributed by atoms with E-state index in [2.05, 4.69) is 10.5 Å². The molecule has 36 heavy (non-hydrogen) atoms. The number of carbonyl (C=O) groups excluding carboxylic acids is 1. The number of aryl methyl sites for hydroxylation is 1. The number of allylic oxidation sites excluding steroid dienone is 1. The van der Waals surface area contributed by atoms with Crippen molar-refractivity contribution in [3.63, 3.8) is 0 Å². The highest BCUT2D eigenvalue weighted by Gasteiger charge is 2.36. The van der Waals surface area contributed by atoms with E-state index >= 15 is 0 Å². The molecule has 1 atom stereocenters. The molecule has 0 fully saturated rings. The van der Waals surface area contributed by atoms with Crippen LogP contribution in [0.5, 0.6) is 11.5 Å². The van der Waals surface area contributed by atoms with Crippen LogP contribution in [-0.2, 0) is 6.54 Å². The number of nitrogens with zero attached hydrogens (tertiary/aromatic N) is 3. The van der Waals surface area contributed by atoms with Crippen LogP contribution in [0.15, 0.2) is 83.0 Å². The number of fused-ring (bicyclic) bond motifs is 1. The quantitative estimate of drug-likeness (QED) is 0.407. The molecule has 0 radical (unpaired) electrons. The standard InChI is InChI=1S/C28H24N4O4/c1-17-8-10-20(11-9-17)25-24(18(2)32(28(33)29-25)15-19-6-4-3-5-7-19)27-30-26(31-36-27)21-12-13-22-23(14-21)35-16-34-22/h3-14,25H,15-16H2,1-2H3,(H,29,33). The third-order valence-corrected chi connectivity index (χ3v) is 6.48. The average molecular weight is 481 g/mol. The van der Waals surface area contributed by atoms with Crippen molar-refractivity contribution in [2.24, 2.45) is 0 Å². The molecule has 2 aliphatic heterocycles. The molecular weight excluding hydrogens is 456 g/mol. The number of hydrogen-bond donors (Lipinski definition) is 1. The molecule has 2 aliphatic rings. The highest BCUT2D eigenvalue weighted by atomic mass is 16.7. The van der Waals surface area contributed by atoms with Crippen molar-refractivity contribution in [3.8, 4) is 22.9 Å². The summed E-state index contributed by atoms with van der Waals surface area (Å²) in [5.41, 5.74) is 5.36. The number of nitrogens with one attached hydrogen (secondary N) is 1. The van der Waals surface area contributed by atoms with Gasteiger partial charge in [0.15, 0.2) is 11.5 Å². The van der Waals surface area contributed by atoms with Crippen molar-refractivity contribution in [1.82, 2.24) is 20.4 Å². The van der Waals surface area contributed by atoms with Gasteiger partial charge in [-0.1, -0.05) is 65.3 Å². The van der Waals surface area contributed by atoms with E-state index in [4.69, 9.17) is 19.0 Å². The summed E-state index contributed by atoms with van der Waals surface area (Å²) in [5, 5.41) is 7.39. The minimum atomic E-state index is -0.435. The normalized spacial score (nSPS) is 16.9. The van der Waals surface area contributed by atoms with E-state index in [0.29, 0.717) is 29.8 Å². The van der Waals surface area contributed by atoms with Crippen LogP contribution < -0.4 is 14.8 Å². The van der Waals surface area contributed by atoms with Gasteiger partial charge in [0, 0.05) is 11.3 Å².